The number of piperazine rings is 1. The van der Waals surface area contributed by atoms with Gasteiger partial charge in [-0.3, -0.25) is 14.6 Å². The fourth-order valence-electron chi connectivity index (χ4n) is 5.54. The van der Waals surface area contributed by atoms with Crippen LogP contribution in [0.4, 0.5) is 13.2 Å². The Morgan fingerprint density at radius 2 is 1.56 bits per heavy atom. The van der Waals surface area contributed by atoms with E-state index in [1.54, 1.807) is 0 Å². The smallest absolute Gasteiger partial charge is 0.450 e. The highest BCUT2D eigenvalue weighted by atomic mass is 19.4. The molecule has 0 atom stereocenters. The van der Waals surface area contributed by atoms with Gasteiger partial charge < -0.3 is 28.5 Å². The monoisotopic (exact) mass is 598 g/mol. The largest absolute Gasteiger partial charge is 0.507 e. The van der Waals surface area contributed by atoms with E-state index >= 15 is 0 Å². The number of hydrogen-bond acceptors (Lipinski definition) is 9. The highest BCUT2D eigenvalue weighted by Crippen LogP contribution is 2.41. The fraction of sp³-hybridized carbons (Fsp3) is 0.323. The summed E-state index contributed by atoms with van der Waals surface area (Å²) in [4.78, 5) is 17.9. The van der Waals surface area contributed by atoms with Crippen molar-refractivity contribution in [2.24, 2.45) is 0 Å². The van der Waals surface area contributed by atoms with Crippen LogP contribution in [0.5, 0.6) is 28.7 Å². The van der Waals surface area contributed by atoms with Gasteiger partial charge in [-0.25, -0.2) is 0 Å². The molecular weight excluding hydrogens is 569 g/mol. The van der Waals surface area contributed by atoms with Crippen molar-refractivity contribution < 1.29 is 41.6 Å². The maximum absolute atomic E-state index is 14.4. The molecule has 0 spiro atoms. The molecule has 43 heavy (non-hydrogen) atoms. The molecule has 12 heteroatoms. The van der Waals surface area contributed by atoms with E-state index in [1.807, 2.05) is 23.1 Å². The first-order valence-corrected chi connectivity index (χ1v) is 13.6. The first-order chi connectivity index (χ1) is 20.7. The number of halogens is 3. The summed E-state index contributed by atoms with van der Waals surface area (Å²) in [6.07, 6.45) is -4.99. The average Bonchev–Trinajstić information content (AvgIpc) is 3.46. The van der Waals surface area contributed by atoms with Gasteiger partial charge in [0.2, 0.25) is 18.0 Å². The quantitative estimate of drug-likeness (QED) is 0.306. The molecule has 3 aromatic carbocycles. The minimum atomic E-state index is -4.99. The fourth-order valence-corrected chi connectivity index (χ4v) is 5.54. The molecule has 6 rings (SSSR count). The van der Waals surface area contributed by atoms with Crippen LogP contribution in [-0.2, 0) is 19.3 Å². The molecular formula is C31H29F3N2O7. The summed E-state index contributed by atoms with van der Waals surface area (Å²) in [6.45, 7) is 3.60. The lowest BCUT2D eigenvalue weighted by molar-refractivity contribution is -0.152. The molecule has 0 aliphatic carbocycles. The zero-order valence-corrected chi connectivity index (χ0v) is 23.5. The number of nitrogens with zero attached hydrogens (tertiary/aromatic N) is 2. The maximum Gasteiger partial charge on any atom is 0.450 e. The van der Waals surface area contributed by atoms with Gasteiger partial charge in [-0.1, -0.05) is 12.1 Å². The van der Waals surface area contributed by atoms with E-state index < -0.39 is 22.9 Å². The zero-order valence-electron chi connectivity index (χ0n) is 23.5. The van der Waals surface area contributed by atoms with Crippen LogP contribution in [0.1, 0.15) is 16.9 Å². The molecule has 2 aliphatic heterocycles. The van der Waals surface area contributed by atoms with E-state index in [1.165, 1.54) is 44.6 Å². The highest BCUT2D eigenvalue weighted by Gasteiger charge is 2.40. The summed E-state index contributed by atoms with van der Waals surface area (Å²) >= 11 is 0. The molecule has 9 nitrogen and oxygen atoms in total. The molecule has 1 aromatic heterocycles. The Kier molecular flexibility index (Phi) is 7.57. The minimum Gasteiger partial charge on any atom is -0.507 e. The zero-order chi connectivity index (χ0) is 30.3. The Morgan fingerprint density at radius 1 is 0.860 bits per heavy atom. The van der Waals surface area contributed by atoms with Crippen molar-refractivity contribution in [2.75, 3.05) is 47.2 Å². The summed E-state index contributed by atoms with van der Waals surface area (Å²) in [6, 6.07) is 12.5. The Labute approximate surface area is 244 Å². The number of fused-ring (bicyclic) bond motifs is 2. The molecule has 0 amide bonds. The van der Waals surface area contributed by atoms with Crippen LogP contribution in [0.15, 0.2) is 57.7 Å². The van der Waals surface area contributed by atoms with Crippen molar-refractivity contribution in [1.29, 1.82) is 0 Å². The highest BCUT2D eigenvalue weighted by molar-refractivity contribution is 5.87. The third-order valence-corrected chi connectivity index (χ3v) is 7.76. The second-order valence-electron chi connectivity index (χ2n) is 10.4. The lowest BCUT2D eigenvalue weighted by Crippen LogP contribution is -2.45. The summed E-state index contributed by atoms with van der Waals surface area (Å²) in [7, 11) is 2.75. The number of rotatable bonds is 7. The van der Waals surface area contributed by atoms with E-state index in [0.29, 0.717) is 38.5 Å². The van der Waals surface area contributed by atoms with Gasteiger partial charge in [0.1, 0.15) is 11.3 Å². The number of phenolic OH excluding ortho intramolecular Hbond substituents is 1. The van der Waals surface area contributed by atoms with Crippen molar-refractivity contribution >= 4 is 11.0 Å². The summed E-state index contributed by atoms with van der Waals surface area (Å²) < 4.78 is 69.9. The van der Waals surface area contributed by atoms with Crippen LogP contribution >= 0.6 is 0 Å². The molecule has 0 saturated carbocycles. The van der Waals surface area contributed by atoms with Gasteiger partial charge in [0.25, 0.3) is 0 Å². The first-order valence-electron chi connectivity index (χ1n) is 13.6. The molecule has 1 saturated heterocycles. The number of benzene rings is 3. The lowest BCUT2D eigenvalue weighted by atomic mass is 9.99. The summed E-state index contributed by atoms with van der Waals surface area (Å²) in [5.41, 5.74) is -0.622. The van der Waals surface area contributed by atoms with Crippen molar-refractivity contribution in [2.45, 2.75) is 19.3 Å². The number of alkyl halides is 3. The molecule has 4 aromatic rings. The standard InChI is InChI=1S/C31H29F3N2O7/c1-39-23-8-4-19(14-25(23)40-2)27-28(38)20-5-6-22(37)21(29(20)43-30(27)31(32,33)34)16-36-11-9-35(10-12-36)15-18-3-7-24-26(13-18)42-17-41-24/h3-8,13-14,37H,9-12,15-17H2,1-2H3. The predicted molar refractivity (Wildman–Crippen MR) is 151 cm³/mol. The summed E-state index contributed by atoms with van der Waals surface area (Å²) in [5.74, 6) is 0.212. The van der Waals surface area contributed by atoms with Crippen molar-refractivity contribution in [3.63, 3.8) is 0 Å². The Morgan fingerprint density at radius 3 is 2.26 bits per heavy atom. The van der Waals surface area contributed by atoms with Crippen molar-refractivity contribution in [1.82, 2.24) is 9.80 Å². The lowest BCUT2D eigenvalue weighted by Gasteiger charge is -2.35. The second-order valence-corrected chi connectivity index (χ2v) is 10.4. The number of methoxy groups -OCH3 is 2. The van der Waals surface area contributed by atoms with Crippen LogP contribution in [-0.4, -0.2) is 62.1 Å². The molecule has 2 aliphatic rings. The molecule has 1 N–H and O–H groups in total. The average molecular weight is 599 g/mol. The maximum atomic E-state index is 14.4. The van der Waals surface area contributed by atoms with Gasteiger partial charge in [0.05, 0.1) is 30.7 Å². The number of aromatic hydroxyl groups is 1. The van der Waals surface area contributed by atoms with Gasteiger partial charge in [0, 0.05) is 39.3 Å². The second kappa shape index (κ2) is 11.3. The van der Waals surface area contributed by atoms with E-state index in [-0.39, 0.29) is 46.9 Å². The Balaban J connectivity index is 1.28. The molecule has 0 radical (unpaired) electrons. The van der Waals surface area contributed by atoms with Crippen molar-refractivity contribution in [3.8, 4) is 39.9 Å². The third-order valence-electron chi connectivity index (χ3n) is 7.76. The number of hydrogen-bond donors (Lipinski definition) is 1. The predicted octanol–water partition coefficient (Wildman–Crippen LogP) is 5.25. The molecule has 226 valence electrons. The molecule has 1 fully saturated rings. The molecule has 0 unspecified atom stereocenters. The van der Waals surface area contributed by atoms with E-state index in [4.69, 9.17) is 23.4 Å². The van der Waals surface area contributed by atoms with Crippen molar-refractivity contribution in [3.05, 3.63) is 75.6 Å². The number of ether oxygens (including phenoxy) is 4. The van der Waals surface area contributed by atoms with Gasteiger partial charge in [-0.15, -0.1) is 0 Å². The van der Waals surface area contributed by atoms with E-state index in [2.05, 4.69) is 4.90 Å². The topological polar surface area (TPSA) is 93.8 Å². The number of phenols is 1. The van der Waals surface area contributed by atoms with Crippen LogP contribution in [0, 0.1) is 0 Å². The normalized spacial score (nSPS) is 15.7. The third kappa shape index (κ3) is 5.55. The van der Waals surface area contributed by atoms with Gasteiger partial charge >= 0.3 is 6.18 Å². The van der Waals surface area contributed by atoms with Gasteiger partial charge in [-0.2, -0.15) is 13.2 Å². The Hall–Kier alpha value is -4.42. The first kappa shape index (κ1) is 28.7. The van der Waals surface area contributed by atoms with Crippen LogP contribution in [0.2, 0.25) is 0 Å². The van der Waals surface area contributed by atoms with Crippen LogP contribution < -0.4 is 24.4 Å². The molecule has 0 bridgehead atoms. The van der Waals surface area contributed by atoms with Gasteiger partial charge in [-0.05, 0) is 47.5 Å². The minimum absolute atomic E-state index is 0.0335. The van der Waals surface area contributed by atoms with E-state index in [0.717, 1.165) is 17.1 Å². The SMILES string of the molecule is COc1ccc(-c2c(C(F)(F)F)oc3c(CN4CCN(Cc5ccc6c(c5)OCO6)CC4)c(O)ccc3c2=O)cc1OC. The summed E-state index contributed by atoms with van der Waals surface area (Å²) in [5, 5.41) is 10.7. The van der Waals surface area contributed by atoms with E-state index in [9.17, 15) is 23.1 Å². The van der Waals surface area contributed by atoms with Gasteiger partial charge in [0.15, 0.2) is 23.0 Å². The van der Waals surface area contributed by atoms with Crippen LogP contribution in [0.25, 0.3) is 22.1 Å². The molecule has 3 heterocycles. The Bertz CT molecular complexity index is 1730. The van der Waals surface area contributed by atoms with Crippen LogP contribution in [0.3, 0.4) is 0 Å².